The van der Waals surface area contributed by atoms with Crippen molar-refractivity contribution in [1.29, 1.82) is 10.5 Å². The highest BCUT2D eigenvalue weighted by Gasteiger charge is 2.34. The Labute approximate surface area is 228 Å². The van der Waals surface area contributed by atoms with E-state index in [0.717, 1.165) is 39.2 Å². The Bertz CT molecular complexity index is 1540. The van der Waals surface area contributed by atoms with Gasteiger partial charge in [0.1, 0.15) is 14.4 Å². The molecule has 1 aromatic carbocycles. The molecule has 39 heavy (non-hydrogen) atoms. The molecule has 3 aromatic rings. The Hall–Kier alpha value is -4.71. The molecule has 0 radical (unpaired) electrons. The van der Waals surface area contributed by atoms with Crippen LogP contribution < -0.4 is 10.4 Å². The van der Waals surface area contributed by atoms with Crippen LogP contribution in [0.15, 0.2) is 29.5 Å². The smallest absolute Gasteiger partial charge is 0.337 e. The number of aryl methyl sites for hydroxylation is 2. The van der Waals surface area contributed by atoms with Crippen molar-refractivity contribution in [3.63, 3.8) is 0 Å². The molecule has 1 atom stereocenters. The van der Waals surface area contributed by atoms with E-state index >= 15 is 0 Å². The maximum Gasteiger partial charge on any atom is 0.341 e. The summed E-state index contributed by atoms with van der Waals surface area (Å²) >= 11 is 0. The summed E-state index contributed by atoms with van der Waals surface area (Å²) in [6.45, 7) is 8.21. The molecule has 196 valence electrons. The van der Waals surface area contributed by atoms with Crippen molar-refractivity contribution in [3.8, 4) is 23.4 Å². The second kappa shape index (κ2) is 10.6. The maximum absolute atomic E-state index is 13.5. The van der Waals surface area contributed by atoms with Gasteiger partial charge in [0, 0.05) is 56.3 Å². The number of hydrogen-bond donors (Lipinski definition) is 0. The fraction of sp³-hybridized carbons (Fsp3) is 0.370. The number of benzene rings is 1. The van der Waals surface area contributed by atoms with Crippen LogP contribution in [0.4, 0.5) is 10.7 Å². The molecule has 2 aliphatic heterocycles. The summed E-state index contributed by atoms with van der Waals surface area (Å²) in [7, 11) is 1.97. The van der Waals surface area contributed by atoms with Gasteiger partial charge >= 0.3 is 6.03 Å². The van der Waals surface area contributed by atoms with Crippen LogP contribution in [0, 0.1) is 43.4 Å². The summed E-state index contributed by atoms with van der Waals surface area (Å²) < 4.78 is 1.70. The van der Waals surface area contributed by atoms with E-state index in [9.17, 15) is 10.1 Å². The summed E-state index contributed by atoms with van der Waals surface area (Å²) in [6, 6.07) is 9.67. The van der Waals surface area contributed by atoms with E-state index in [4.69, 9.17) is 10.2 Å². The lowest BCUT2D eigenvalue weighted by atomic mass is 9.92. The second-order valence-corrected chi connectivity index (χ2v) is 9.96. The standard InChI is InChI=1S/C27H29BN10O/c1-17-12-20(15-30)14-21(13-17)23-4-6-32-38(23)27(39)36-10-8-35(9-11-36)26-31-16-22(28)25(33-26)24-18(2)34-37(7-5-29)19(24)3/h6,12-14,16,23H,4,7-11,28H2,1-3H3. The molecule has 1 fully saturated rings. The third kappa shape index (κ3) is 4.93. The van der Waals surface area contributed by atoms with E-state index in [1.807, 2.05) is 57.9 Å². The van der Waals surface area contributed by atoms with Gasteiger partial charge in [0.05, 0.1) is 35.1 Å². The van der Waals surface area contributed by atoms with Gasteiger partial charge in [0.15, 0.2) is 0 Å². The van der Waals surface area contributed by atoms with Gasteiger partial charge in [-0.25, -0.2) is 19.8 Å². The lowest BCUT2D eigenvalue weighted by Crippen LogP contribution is -2.52. The number of carbonyl (C=O) groups excluding carboxylic acids is 1. The van der Waals surface area contributed by atoms with Crippen LogP contribution in [0.2, 0.25) is 0 Å². The molecule has 1 unspecified atom stereocenters. The molecule has 1 saturated heterocycles. The average Bonchev–Trinajstić information content (AvgIpc) is 3.53. The zero-order chi connectivity index (χ0) is 27.7. The van der Waals surface area contributed by atoms with Crippen molar-refractivity contribution in [2.24, 2.45) is 5.10 Å². The summed E-state index contributed by atoms with van der Waals surface area (Å²) in [4.78, 5) is 26.9. The van der Waals surface area contributed by atoms with E-state index in [2.05, 4.69) is 32.2 Å². The highest BCUT2D eigenvalue weighted by Crippen LogP contribution is 2.31. The number of aromatic nitrogens is 4. The number of hydrogen-bond acceptors (Lipinski definition) is 8. The molecular weight excluding hydrogens is 491 g/mol. The second-order valence-electron chi connectivity index (χ2n) is 9.96. The van der Waals surface area contributed by atoms with Crippen molar-refractivity contribution in [2.75, 3.05) is 31.1 Å². The van der Waals surface area contributed by atoms with Crippen LogP contribution >= 0.6 is 0 Å². The van der Waals surface area contributed by atoms with Gasteiger partial charge < -0.3 is 9.80 Å². The van der Waals surface area contributed by atoms with E-state index in [1.165, 1.54) is 5.01 Å². The van der Waals surface area contributed by atoms with Crippen LogP contribution in [0.3, 0.4) is 0 Å². The Kier molecular flexibility index (Phi) is 7.03. The number of amides is 2. The van der Waals surface area contributed by atoms with Gasteiger partial charge in [-0.3, -0.25) is 4.68 Å². The van der Waals surface area contributed by atoms with E-state index in [1.54, 1.807) is 10.9 Å². The number of piperazine rings is 1. The zero-order valence-electron chi connectivity index (χ0n) is 22.6. The van der Waals surface area contributed by atoms with Crippen molar-refractivity contribution in [1.82, 2.24) is 29.7 Å². The molecular formula is C27H29BN10O. The minimum absolute atomic E-state index is 0.143. The van der Waals surface area contributed by atoms with Crippen molar-refractivity contribution in [2.45, 2.75) is 39.8 Å². The highest BCUT2D eigenvalue weighted by molar-refractivity contribution is 6.35. The van der Waals surface area contributed by atoms with Gasteiger partial charge in [-0.05, 0) is 49.5 Å². The Morgan fingerprint density at radius 2 is 1.90 bits per heavy atom. The molecule has 0 saturated carbocycles. The molecule has 0 spiro atoms. The lowest BCUT2D eigenvalue weighted by molar-refractivity contribution is 0.139. The maximum atomic E-state index is 13.5. The highest BCUT2D eigenvalue weighted by atomic mass is 16.2. The zero-order valence-corrected chi connectivity index (χ0v) is 22.6. The Balaban J connectivity index is 1.30. The predicted molar refractivity (Wildman–Crippen MR) is 149 cm³/mol. The third-order valence-electron chi connectivity index (χ3n) is 7.27. The quantitative estimate of drug-likeness (QED) is 0.478. The number of anilines is 1. The number of nitrogens with zero attached hydrogens (tertiary/aromatic N) is 10. The van der Waals surface area contributed by atoms with Gasteiger partial charge in [-0.1, -0.05) is 6.07 Å². The van der Waals surface area contributed by atoms with Crippen LogP contribution in [0.5, 0.6) is 0 Å². The molecule has 2 aromatic heterocycles. The molecule has 0 N–H and O–H groups in total. The minimum atomic E-state index is -0.223. The van der Waals surface area contributed by atoms with Gasteiger partial charge in [-0.15, -0.1) is 0 Å². The van der Waals surface area contributed by atoms with Crippen LogP contribution in [0.1, 0.15) is 40.5 Å². The van der Waals surface area contributed by atoms with Gasteiger partial charge in [-0.2, -0.15) is 20.7 Å². The lowest BCUT2D eigenvalue weighted by Gasteiger charge is -2.37. The molecule has 0 bridgehead atoms. The minimum Gasteiger partial charge on any atom is -0.337 e. The number of nitriles is 2. The van der Waals surface area contributed by atoms with Crippen LogP contribution in [0.25, 0.3) is 11.3 Å². The summed E-state index contributed by atoms with van der Waals surface area (Å²) in [5, 5.41) is 28.9. The molecule has 2 aliphatic rings. The Morgan fingerprint density at radius 1 is 1.13 bits per heavy atom. The van der Waals surface area contributed by atoms with Gasteiger partial charge in [0.25, 0.3) is 0 Å². The SMILES string of the molecule is Bc1cnc(N2CCN(C(=O)N3N=CCC3c3cc(C)cc(C#N)c3)CC2)nc1-c1c(C)nn(CC#N)c1C. The third-order valence-corrected chi connectivity index (χ3v) is 7.27. The largest absolute Gasteiger partial charge is 0.341 e. The first-order valence-electron chi connectivity index (χ1n) is 12.9. The first-order chi connectivity index (χ1) is 18.8. The molecule has 12 heteroatoms. The fourth-order valence-corrected chi connectivity index (χ4v) is 5.29. The summed E-state index contributed by atoms with van der Waals surface area (Å²) in [6.07, 6.45) is 4.19. The Morgan fingerprint density at radius 3 is 2.62 bits per heavy atom. The van der Waals surface area contributed by atoms with E-state index in [-0.39, 0.29) is 18.6 Å². The average molecular weight is 520 g/mol. The monoisotopic (exact) mass is 520 g/mol. The van der Waals surface area contributed by atoms with Crippen molar-refractivity contribution in [3.05, 3.63) is 52.5 Å². The van der Waals surface area contributed by atoms with Crippen LogP contribution in [-0.2, 0) is 6.54 Å². The molecule has 2 amide bonds. The first-order valence-corrected chi connectivity index (χ1v) is 12.9. The van der Waals surface area contributed by atoms with E-state index < -0.39 is 0 Å². The normalized spacial score (nSPS) is 16.8. The summed E-state index contributed by atoms with van der Waals surface area (Å²) in [5.74, 6) is 0.607. The number of rotatable bonds is 4. The molecule has 11 nitrogen and oxygen atoms in total. The predicted octanol–water partition coefficient (Wildman–Crippen LogP) is 1.59. The number of hydrazone groups is 1. The molecule has 0 aliphatic carbocycles. The molecule has 4 heterocycles. The van der Waals surface area contributed by atoms with E-state index in [0.29, 0.717) is 44.1 Å². The fourth-order valence-electron chi connectivity index (χ4n) is 5.29. The van der Waals surface area contributed by atoms with Crippen LogP contribution in [-0.4, -0.2) is 75.9 Å². The topological polar surface area (TPSA) is 130 Å². The molecule has 5 rings (SSSR count). The van der Waals surface area contributed by atoms with Gasteiger partial charge in [0.2, 0.25) is 5.95 Å². The number of urea groups is 1. The van der Waals surface area contributed by atoms with Crippen molar-refractivity contribution >= 4 is 31.5 Å². The number of carbonyl (C=O) groups is 1. The first kappa shape index (κ1) is 25.9. The van der Waals surface area contributed by atoms with Crippen molar-refractivity contribution < 1.29 is 4.79 Å². The summed E-state index contributed by atoms with van der Waals surface area (Å²) in [5.41, 5.74) is 6.87.